The summed E-state index contributed by atoms with van der Waals surface area (Å²) in [4.78, 5) is 0. The van der Waals surface area contributed by atoms with E-state index < -0.39 is 7.12 Å². The molecule has 0 saturated carbocycles. The highest BCUT2D eigenvalue weighted by atomic mass is 16.4. The van der Waals surface area contributed by atoms with Crippen molar-refractivity contribution in [3.8, 4) is 0 Å². The molecule has 1 aromatic heterocycles. The van der Waals surface area contributed by atoms with Crippen molar-refractivity contribution in [1.29, 1.82) is 0 Å². The van der Waals surface area contributed by atoms with E-state index in [0.717, 1.165) is 21.8 Å². The van der Waals surface area contributed by atoms with Crippen molar-refractivity contribution in [3.63, 3.8) is 0 Å². The molecule has 2 N–H and O–H groups in total. The SMILES string of the molecule is [B]n1c2ccccc2c2cc(B(O)O)ccc21. The second-order valence-corrected chi connectivity index (χ2v) is 4.04. The molecule has 0 spiro atoms. The molecule has 0 atom stereocenters. The molecular weight excluding hydrogens is 212 g/mol. The molecule has 3 nitrogen and oxygen atoms in total. The Labute approximate surface area is 99.9 Å². The second-order valence-electron chi connectivity index (χ2n) is 4.04. The maximum atomic E-state index is 9.18. The molecule has 1 heterocycles. The van der Waals surface area contributed by atoms with Crippen molar-refractivity contribution in [2.24, 2.45) is 0 Å². The van der Waals surface area contributed by atoms with Crippen molar-refractivity contribution in [1.82, 2.24) is 4.48 Å². The van der Waals surface area contributed by atoms with E-state index in [-0.39, 0.29) is 0 Å². The smallest absolute Gasteiger partial charge is 0.423 e. The highest BCUT2D eigenvalue weighted by Gasteiger charge is 2.13. The zero-order valence-electron chi connectivity index (χ0n) is 9.04. The molecular formula is C12H9B2NO2. The van der Waals surface area contributed by atoms with Crippen LogP contribution in [0.3, 0.4) is 0 Å². The number of fused-ring (bicyclic) bond motifs is 3. The van der Waals surface area contributed by atoms with Crippen molar-refractivity contribution >= 4 is 42.4 Å². The standard InChI is InChI=1S/C12H9B2NO2/c13-15-11-4-2-1-3-9(11)10-7-8(14(16)17)5-6-12(10)15/h1-7,16-17H. The van der Waals surface area contributed by atoms with Crippen molar-refractivity contribution in [2.75, 3.05) is 0 Å². The van der Waals surface area contributed by atoms with Gasteiger partial charge in [-0.25, -0.2) is 0 Å². The Bertz CT molecular complexity index is 706. The van der Waals surface area contributed by atoms with E-state index in [1.807, 2.05) is 24.3 Å². The fourth-order valence-electron chi connectivity index (χ4n) is 2.18. The van der Waals surface area contributed by atoms with Crippen LogP contribution in [0.5, 0.6) is 0 Å². The first kappa shape index (κ1) is 10.4. The minimum absolute atomic E-state index is 0.467. The molecule has 0 fully saturated rings. The highest BCUT2D eigenvalue weighted by molar-refractivity contribution is 6.59. The molecule has 0 aliphatic carbocycles. The Kier molecular flexibility index (Phi) is 2.24. The zero-order valence-corrected chi connectivity index (χ0v) is 9.04. The molecule has 0 amide bonds. The van der Waals surface area contributed by atoms with Crippen LogP contribution in [-0.4, -0.2) is 29.6 Å². The van der Waals surface area contributed by atoms with Gasteiger partial charge in [-0.05, 0) is 17.6 Å². The van der Waals surface area contributed by atoms with Gasteiger partial charge in [0.2, 0.25) is 7.98 Å². The van der Waals surface area contributed by atoms with E-state index in [2.05, 4.69) is 0 Å². The highest BCUT2D eigenvalue weighted by Crippen LogP contribution is 2.26. The number of benzene rings is 2. The third kappa shape index (κ3) is 1.47. The summed E-state index contributed by atoms with van der Waals surface area (Å²) in [5.41, 5.74) is 2.26. The zero-order chi connectivity index (χ0) is 12.0. The van der Waals surface area contributed by atoms with Crippen LogP contribution in [-0.2, 0) is 0 Å². The average Bonchev–Trinajstić information content (AvgIpc) is 2.64. The van der Waals surface area contributed by atoms with Crippen LogP contribution in [0.4, 0.5) is 0 Å². The topological polar surface area (TPSA) is 45.4 Å². The van der Waals surface area contributed by atoms with Gasteiger partial charge in [-0.15, -0.1) is 0 Å². The number of para-hydroxylation sites is 1. The predicted octanol–water partition coefficient (Wildman–Crippen LogP) is 0.406. The molecule has 2 radical (unpaired) electrons. The van der Waals surface area contributed by atoms with Crippen LogP contribution in [0.25, 0.3) is 21.8 Å². The van der Waals surface area contributed by atoms with Gasteiger partial charge in [0.05, 0.1) is 0 Å². The van der Waals surface area contributed by atoms with E-state index in [1.54, 1.807) is 22.7 Å². The molecule has 0 bridgehead atoms. The van der Waals surface area contributed by atoms with Crippen molar-refractivity contribution in [3.05, 3.63) is 42.5 Å². The summed E-state index contributed by atoms with van der Waals surface area (Å²) in [6, 6.07) is 13.0. The first-order chi connectivity index (χ1) is 8.18. The van der Waals surface area contributed by atoms with E-state index in [4.69, 9.17) is 7.98 Å². The van der Waals surface area contributed by atoms with Crippen molar-refractivity contribution < 1.29 is 10.0 Å². The summed E-state index contributed by atoms with van der Waals surface area (Å²) in [6.07, 6.45) is 0. The minimum Gasteiger partial charge on any atom is -0.423 e. The molecule has 0 aliphatic rings. The number of aromatic nitrogens is 1. The lowest BCUT2D eigenvalue weighted by Crippen LogP contribution is -2.29. The normalized spacial score (nSPS) is 11.2. The van der Waals surface area contributed by atoms with Gasteiger partial charge in [0.25, 0.3) is 0 Å². The quantitative estimate of drug-likeness (QED) is 0.584. The van der Waals surface area contributed by atoms with Gasteiger partial charge in [0, 0.05) is 21.8 Å². The molecule has 0 unspecified atom stereocenters. The lowest BCUT2D eigenvalue weighted by atomic mass is 9.80. The number of hydrogen-bond acceptors (Lipinski definition) is 2. The summed E-state index contributed by atoms with van der Waals surface area (Å²) < 4.78 is 1.61. The van der Waals surface area contributed by atoms with Crippen LogP contribution < -0.4 is 5.46 Å². The third-order valence-corrected chi connectivity index (χ3v) is 3.03. The fourth-order valence-corrected chi connectivity index (χ4v) is 2.18. The van der Waals surface area contributed by atoms with Crippen LogP contribution in [0, 0.1) is 0 Å². The third-order valence-electron chi connectivity index (χ3n) is 3.03. The number of rotatable bonds is 1. The maximum Gasteiger partial charge on any atom is 0.488 e. The van der Waals surface area contributed by atoms with Crippen LogP contribution >= 0.6 is 0 Å². The number of nitrogens with zero attached hydrogens (tertiary/aromatic N) is 1. The van der Waals surface area contributed by atoms with Gasteiger partial charge < -0.3 is 14.5 Å². The lowest BCUT2D eigenvalue weighted by molar-refractivity contribution is 0.426. The van der Waals surface area contributed by atoms with E-state index in [0.29, 0.717) is 5.46 Å². The monoisotopic (exact) mass is 221 g/mol. The van der Waals surface area contributed by atoms with E-state index in [9.17, 15) is 10.0 Å². The Morgan fingerprint density at radius 3 is 2.41 bits per heavy atom. The van der Waals surface area contributed by atoms with Gasteiger partial charge in [0.1, 0.15) is 0 Å². The molecule has 2 aromatic carbocycles. The van der Waals surface area contributed by atoms with Crippen molar-refractivity contribution in [2.45, 2.75) is 0 Å². The van der Waals surface area contributed by atoms with Gasteiger partial charge in [-0.3, -0.25) is 0 Å². The average molecular weight is 221 g/mol. The van der Waals surface area contributed by atoms with E-state index >= 15 is 0 Å². The summed E-state index contributed by atoms with van der Waals surface area (Å²) in [5, 5.41) is 20.3. The van der Waals surface area contributed by atoms with Gasteiger partial charge in [-0.2, -0.15) is 0 Å². The Balaban J connectivity index is 2.46. The fraction of sp³-hybridized carbons (Fsp3) is 0. The number of hydrogen-bond donors (Lipinski definition) is 2. The Hall–Kier alpha value is -1.71. The molecule has 0 saturated heterocycles. The summed E-state index contributed by atoms with van der Waals surface area (Å²) in [6.45, 7) is 0. The lowest BCUT2D eigenvalue weighted by Gasteiger charge is -2.01. The first-order valence-corrected chi connectivity index (χ1v) is 5.33. The van der Waals surface area contributed by atoms with Crippen LogP contribution in [0.15, 0.2) is 42.5 Å². The summed E-state index contributed by atoms with van der Waals surface area (Å²) >= 11 is 0. The molecule has 3 aromatic rings. The van der Waals surface area contributed by atoms with Crippen LogP contribution in [0.2, 0.25) is 0 Å². The minimum atomic E-state index is -1.46. The molecule has 80 valence electrons. The molecule has 0 aliphatic heterocycles. The van der Waals surface area contributed by atoms with Gasteiger partial charge in [0.15, 0.2) is 0 Å². The summed E-state index contributed by atoms with van der Waals surface area (Å²) in [7, 11) is 4.53. The maximum absolute atomic E-state index is 9.18. The molecule has 3 rings (SSSR count). The second kappa shape index (κ2) is 3.65. The Morgan fingerprint density at radius 2 is 1.65 bits per heavy atom. The van der Waals surface area contributed by atoms with Gasteiger partial charge >= 0.3 is 7.12 Å². The van der Waals surface area contributed by atoms with Crippen LogP contribution in [0.1, 0.15) is 0 Å². The Morgan fingerprint density at radius 1 is 0.941 bits per heavy atom. The summed E-state index contributed by atoms with van der Waals surface area (Å²) in [5.74, 6) is 0. The molecule has 17 heavy (non-hydrogen) atoms. The molecule has 5 heteroatoms. The first-order valence-electron chi connectivity index (χ1n) is 5.33. The van der Waals surface area contributed by atoms with E-state index in [1.165, 1.54) is 0 Å². The largest absolute Gasteiger partial charge is 0.488 e. The van der Waals surface area contributed by atoms with Gasteiger partial charge in [-0.1, -0.05) is 30.3 Å². The predicted molar refractivity (Wildman–Crippen MR) is 70.4 cm³/mol.